The Bertz CT molecular complexity index is 679. The van der Waals surface area contributed by atoms with Gasteiger partial charge in [-0.05, 0) is 12.5 Å². The fourth-order valence-electron chi connectivity index (χ4n) is 1.69. The first kappa shape index (κ1) is 14.6. The second-order valence-electron chi connectivity index (χ2n) is 4.47. The smallest absolute Gasteiger partial charge is 0.244 e. The minimum atomic E-state index is -3.33. The molecule has 1 aromatic carbocycles. The predicted molar refractivity (Wildman–Crippen MR) is 74.0 cm³/mol. The Morgan fingerprint density at radius 3 is 2.55 bits per heavy atom. The van der Waals surface area contributed by atoms with E-state index in [4.69, 9.17) is 10.3 Å². The maximum absolute atomic E-state index is 11.1. The molecule has 0 spiro atoms. The molecule has 0 fully saturated rings. The van der Waals surface area contributed by atoms with E-state index in [9.17, 15) is 8.42 Å². The summed E-state index contributed by atoms with van der Waals surface area (Å²) in [7, 11) is -3.33. The van der Waals surface area contributed by atoms with Crippen LogP contribution in [0.2, 0.25) is 0 Å². The summed E-state index contributed by atoms with van der Waals surface area (Å²) in [6.45, 7) is 2.10. The topological polar surface area (TPSA) is 111 Å². The van der Waals surface area contributed by atoms with Gasteiger partial charge in [-0.15, -0.1) is 0 Å². The van der Waals surface area contributed by atoms with Crippen molar-refractivity contribution in [1.82, 2.24) is 14.9 Å². The van der Waals surface area contributed by atoms with Crippen molar-refractivity contribution in [2.75, 3.05) is 6.26 Å². The van der Waals surface area contributed by atoms with E-state index < -0.39 is 16.1 Å². The Labute approximate surface area is 117 Å². The van der Waals surface area contributed by atoms with Crippen LogP contribution in [0.4, 0.5) is 0 Å². The van der Waals surface area contributed by atoms with Crippen molar-refractivity contribution in [2.24, 2.45) is 5.73 Å². The van der Waals surface area contributed by atoms with Gasteiger partial charge in [-0.1, -0.05) is 29.4 Å². The van der Waals surface area contributed by atoms with Crippen molar-refractivity contribution < 1.29 is 12.9 Å². The van der Waals surface area contributed by atoms with Crippen molar-refractivity contribution in [3.05, 3.63) is 35.7 Å². The van der Waals surface area contributed by atoms with Crippen LogP contribution in [0.15, 0.2) is 28.8 Å². The fraction of sp³-hybridized carbons (Fsp3) is 0.333. The lowest BCUT2D eigenvalue weighted by atomic mass is 10.1. The lowest BCUT2D eigenvalue weighted by Gasteiger charge is -2.05. The SMILES string of the molecule is CC(NS(C)(=O)=O)c1nc(-c2ccc(CN)cc2)no1. The van der Waals surface area contributed by atoms with Gasteiger partial charge in [0, 0.05) is 12.1 Å². The van der Waals surface area contributed by atoms with Gasteiger partial charge in [0.2, 0.25) is 21.7 Å². The van der Waals surface area contributed by atoms with Crippen LogP contribution >= 0.6 is 0 Å². The van der Waals surface area contributed by atoms with Gasteiger partial charge in [0.05, 0.1) is 12.3 Å². The largest absolute Gasteiger partial charge is 0.337 e. The molecule has 0 amide bonds. The molecule has 0 saturated carbocycles. The van der Waals surface area contributed by atoms with Crippen LogP contribution in [0.1, 0.15) is 24.4 Å². The highest BCUT2D eigenvalue weighted by Gasteiger charge is 2.18. The lowest BCUT2D eigenvalue weighted by molar-refractivity contribution is 0.354. The Morgan fingerprint density at radius 2 is 2.00 bits per heavy atom. The van der Waals surface area contributed by atoms with E-state index >= 15 is 0 Å². The maximum atomic E-state index is 11.1. The number of nitrogens with zero attached hydrogens (tertiary/aromatic N) is 2. The standard InChI is InChI=1S/C12H16N4O3S/c1-8(16-20(2,17)18)12-14-11(15-19-12)10-5-3-9(7-13)4-6-10/h3-6,8,16H,7,13H2,1-2H3. The molecule has 108 valence electrons. The zero-order valence-corrected chi connectivity index (χ0v) is 12.0. The van der Waals surface area contributed by atoms with Gasteiger partial charge >= 0.3 is 0 Å². The van der Waals surface area contributed by atoms with Gasteiger partial charge in [0.15, 0.2) is 0 Å². The molecule has 2 aromatic rings. The Hall–Kier alpha value is -1.77. The van der Waals surface area contributed by atoms with E-state index in [1.807, 2.05) is 24.3 Å². The van der Waals surface area contributed by atoms with Crippen LogP contribution in [-0.4, -0.2) is 24.8 Å². The third kappa shape index (κ3) is 3.62. The first-order valence-corrected chi connectivity index (χ1v) is 7.88. The molecule has 20 heavy (non-hydrogen) atoms. The van der Waals surface area contributed by atoms with E-state index in [1.54, 1.807) is 6.92 Å². The van der Waals surface area contributed by atoms with Crippen LogP contribution in [0.5, 0.6) is 0 Å². The fourth-order valence-corrected chi connectivity index (χ4v) is 2.43. The van der Waals surface area contributed by atoms with Crippen molar-refractivity contribution >= 4 is 10.0 Å². The summed E-state index contributed by atoms with van der Waals surface area (Å²) >= 11 is 0. The summed E-state index contributed by atoms with van der Waals surface area (Å²) < 4.78 is 29.7. The predicted octanol–water partition coefficient (Wildman–Crippen LogP) is 0.805. The number of rotatable bonds is 5. The Kier molecular flexibility index (Phi) is 4.17. The van der Waals surface area contributed by atoms with E-state index in [0.717, 1.165) is 17.4 Å². The number of hydrogen-bond donors (Lipinski definition) is 2. The third-order valence-electron chi connectivity index (χ3n) is 2.65. The van der Waals surface area contributed by atoms with Crippen LogP contribution in [0.3, 0.4) is 0 Å². The van der Waals surface area contributed by atoms with Crippen LogP contribution < -0.4 is 10.5 Å². The van der Waals surface area contributed by atoms with Gasteiger partial charge in [0.25, 0.3) is 0 Å². The monoisotopic (exact) mass is 296 g/mol. The Balaban J connectivity index is 2.19. The van der Waals surface area contributed by atoms with Crippen LogP contribution in [0, 0.1) is 0 Å². The average Bonchev–Trinajstić information content (AvgIpc) is 2.86. The summed E-state index contributed by atoms with van der Waals surface area (Å²) in [6.07, 6.45) is 1.08. The molecule has 1 atom stereocenters. The molecule has 0 aliphatic heterocycles. The molecule has 7 nitrogen and oxygen atoms in total. The summed E-state index contributed by atoms with van der Waals surface area (Å²) in [4.78, 5) is 4.18. The normalized spacial score (nSPS) is 13.3. The van der Waals surface area contributed by atoms with Gasteiger partial charge in [-0.2, -0.15) is 4.98 Å². The highest BCUT2D eigenvalue weighted by atomic mass is 32.2. The molecular formula is C12H16N4O3S. The van der Waals surface area contributed by atoms with Crippen LogP contribution in [0.25, 0.3) is 11.4 Å². The number of sulfonamides is 1. The highest BCUT2D eigenvalue weighted by molar-refractivity contribution is 7.88. The number of nitrogens with two attached hydrogens (primary N) is 1. The molecule has 0 aliphatic rings. The minimum absolute atomic E-state index is 0.216. The van der Waals surface area contributed by atoms with Crippen molar-refractivity contribution in [3.8, 4) is 11.4 Å². The van der Waals surface area contributed by atoms with Crippen molar-refractivity contribution in [2.45, 2.75) is 19.5 Å². The molecule has 0 saturated heterocycles. The van der Waals surface area contributed by atoms with E-state index in [1.165, 1.54) is 0 Å². The molecule has 0 bridgehead atoms. The minimum Gasteiger partial charge on any atom is -0.337 e. The number of aromatic nitrogens is 2. The molecule has 1 aromatic heterocycles. The van der Waals surface area contributed by atoms with E-state index in [2.05, 4.69) is 14.9 Å². The zero-order chi connectivity index (χ0) is 14.8. The Morgan fingerprint density at radius 1 is 1.35 bits per heavy atom. The third-order valence-corrected chi connectivity index (χ3v) is 3.43. The molecule has 1 heterocycles. The lowest BCUT2D eigenvalue weighted by Crippen LogP contribution is -2.25. The number of nitrogens with one attached hydrogen (secondary N) is 1. The number of benzene rings is 1. The second kappa shape index (κ2) is 5.70. The van der Waals surface area contributed by atoms with E-state index in [-0.39, 0.29) is 5.89 Å². The van der Waals surface area contributed by atoms with Crippen molar-refractivity contribution in [1.29, 1.82) is 0 Å². The van der Waals surface area contributed by atoms with E-state index in [0.29, 0.717) is 12.4 Å². The summed E-state index contributed by atoms with van der Waals surface area (Å²) in [5.41, 5.74) is 7.31. The van der Waals surface area contributed by atoms with Gasteiger partial charge in [0.1, 0.15) is 0 Å². The summed E-state index contributed by atoms with van der Waals surface area (Å²) in [6, 6.07) is 6.86. The molecule has 8 heteroatoms. The molecular weight excluding hydrogens is 280 g/mol. The van der Waals surface area contributed by atoms with Gasteiger partial charge < -0.3 is 10.3 Å². The highest BCUT2D eigenvalue weighted by Crippen LogP contribution is 2.19. The van der Waals surface area contributed by atoms with Crippen molar-refractivity contribution in [3.63, 3.8) is 0 Å². The van der Waals surface area contributed by atoms with Crippen LogP contribution in [-0.2, 0) is 16.6 Å². The first-order chi connectivity index (χ1) is 9.39. The molecule has 2 rings (SSSR count). The molecule has 0 radical (unpaired) electrons. The van der Waals surface area contributed by atoms with Gasteiger partial charge in [-0.3, -0.25) is 0 Å². The van der Waals surface area contributed by atoms with Gasteiger partial charge in [-0.25, -0.2) is 13.1 Å². The first-order valence-electron chi connectivity index (χ1n) is 5.99. The number of hydrogen-bond acceptors (Lipinski definition) is 6. The quantitative estimate of drug-likeness (QED) is 0.844. The second-order valence-corrected chi connectivity index (χ2v) is 6.25. The molecule has 0 aliphatic carbocycles. The average molecular weight is 296 g/mol. The summed E-state index contributed by atoms with van der Waals surface area (Å²) in [5.74, 6) is 0.624. The molecule has 1 unspecified atom stereocenters. The zero-order valence-electron chi connectivity index (χ0n) is 11.2. The molecule has 3 N–H and O–H groups in total. The maximum Gasteiger partial charge on any atom is 0.244 e. The summed E-state index contributed by atoms with van der Waals surface area (Å²) in [5, 5.41) is 3.84.